The second-order valence-electron chi connectivity index (χ2n) is 3.26. The van der Waals surface area contributed by atoms with Gasteiger partial charge in [-0.25, -0.2) is 5.84 Å². The average molecular weight is 202 g/mol. The van der Waals surface area contributed by atoms with Gasteiger partial charge in [0.1, 0.15) is 0 Å². The number of hydrazine groups is 1. The van der Waals surface area contributed by atoms with Gasteiger partial charge in [0.25, 0.3) is 0 Å². The van der Waals surface area contributed by atoms with E-state index in [1.807, 2.05) is 0 Å². The van der Waals surface area contributed by atoms with Crippen LogP contribution in [0.1, 0.15) is 19.8 Å². The molecule has 1 fully saturated rings. The van der Waals surface area contributed by atoms with Gasteiger partial charge in [-0.3, -0.25) is 4.90 Å². The molecule has 0 aromatic carbocycles. The summed E-state index contributed by atoms with van der Waals surface area (Å²) in [5.41, 5.74) is 2.40. The molecule has 0 radical (unpaired) electrons. The monoisotopic (exact) mass is 202 g/mol. The number of nitrogens with two attached hydrogens (primary N) is 1. The first-order chi connectivity index (χ1) is 6.27. The summed E-state index contributed by atoms with van der Waals surface area (Å²) in [6, 6.07) is 0.825. The van der Waals surface area contributed by atoms with Crippen molar-refractivity contribution in [2.45, 2.75) is 25.8 Å². The van der Waals surface area contributed by atoms with Crippen molar-refractivity contribution < 1.29 is 0 Å². The van der Waals surface area contributed by atoms with E-state index in [1.54, 1.807) is 0 Å². The van der Waals surface area contributed by atoms with Crippen LogP contribution >= 0.6 is 12.2 Å². The quantitative estimate of drug-likeness (QED) is 0.328. The minimum absolute atomic E-state index is 0.520. The van der Waals surface area contributed by atoms with Gasteiger partial charge < -0.3 is 10.7 Å². The molecule has 4 nitrogen and oxygen atoms in total. The van der Waals surface area contributed by atoms with Crippen molar-refractivity contribution in [3.8, 4) is 0 Å². The summed E-state index contributed by atoms with van der Waals surface area (Å²) >= 11 is 4.86. The van der Waals surface area contributed by atoms with Crippen LogP contribution in [0.2, 0.25) is 0 Å². The van der Waals surface area contributed by atoms with E-state index < -0.39 is 0 Å². The largest absolute Gasteiger partial charge is 0.360 e. The highest BCUT2D eigenvalue weighted by Crippen LogP contribution is 2.25. The molecule has 0 aromatic rings. The van der Waals surface area contributed by atoms with Crippen LogP contribution in [0.4, 0.5) is 0 Å². The lowest BCUT2D eigenvalue weighted by atomic mass is 10.4. The van der Waals surface area contributed by atoms with Gasteiger partial charge in [0.05, 0.1) is 0 Å². The molecule has 4 N–H and O–H groups in total. The molecule has 0 saturated heterocycles. The molecule has 0 heterocycles. The molecule has 1 rings (SSSR count). The Balaban J connectivity index is 2.05. The molecule has 76 valence electrons. The van der Waals surface area contributed by atoms with Crippen LogP contribution in [0, 0.1) is 0 Å². The van der Waals surface area contributed by atoms with Crippen molar-refractivity contribution in [1.29, 1.82) is 0 Å². The fourth-order valence-corrected chi connectivity index (χ4v) is 1.50. The highest BCUT2D eigenvalue weighted by Gasteiger charge is 2.26. The smallest absolute Gasteiger partial charge is 0.180 e. The Bertz CT molecular complexity index is 170. The molecule has 5 heteroatoms. The maximum atomic E-state index is 5.13. The third kappa shape index (κ3) is 3.89. The Morgan fingerprint density at radius 3 is 2.77 bits per heavy atom. The normalized spacial score (nSPS) is 15.9. The summed E-state index contributed by atoms with van der Waals surface area (Å²) in [5.74, 6) is 5.13. The maximum absolute atomic E-state index is 5.13. The van der Waals surface area contributed by atoms with Gasteiger partial charge >= 0.3 is 0 Å². The molecule has 1 aliphatic carbocycles. The zero-order valence-corrected chi connectivity index (χ0v) is 8.86. The van der Waals surface area contributed by atoms with Crippen molar-refractivity contribution in [1.82, 2.24) is 15.6 Å². The fourth-order valence-electron chi connectivity index (χ4n) is 1.40. The number of nitrogens with one attached hydrogen (secondary N) is 2. The third-order valence-electron chi connectivity index (χ3n) is 2.29. The van der Waals surface area contributed by atoms with E-state index in [0.717, 1.165) is 25.7 Å². The summed E-state index contributed by atoms with van der Waals surface area (Å²) in [7, 11) is 0. The number of hydrogen-bond donors (Lipinski definition) is 3. The van der Waals surface area contributed by atoms with Crippen LogP contribution in [0.5, 0.6) is 0 Å². The fraction of sp³-hybridized carbons (Fsp3) is 0.875. The van der Waals surface area contributed by atoms with Crippen LogP contribution in [0.25, 0.3) is 0 Å². The van der Waals surface area contributed by atoms with Crippen molar-refractivity contribution in [2.24, 2.45) is 5.84 Å². The van der Waals surface area contributed by atoms with E-state index in [4.69, 9.17) is 18.1 Å². The predicted molar refractivity (Wildman–Crippen MR) is 58.2 cm³/mol. The van der Waals surface area contributed by atoms with Gasteiger partial charge in [-0.15, -0.1) is 0 Å². The van der Waals surface area contributed by atoms with Crippen molar-refractivity contribution in [2.75, 3.05) is 19.6 Å². The van der Waals surface area contributed by atoms with Gasteiger partial charge in [-0.2, -0.15) is 0 Å². The molecular weight excluding hydrogens is 184 g/mol. The Labute approximate surface area is 84.8 Å². The topological polar surface area (TPSA) is 53.3 Å². The molecule has 0 aromatic heterocycles. The second kappa shape index (κ2) is 5.36. The van der Waals surface area contributed by atoms with Crippen molar-refractivity contribution in [3.63, 3.8) is 0 Å². The van der Waals surface area contributed by atoms with Crippen LogP contribution in [-0.2, 0) is 0 Å². The zero-order valence-electron chi connectivity index (χ0n) is 8.05. The Morgan fingerprint density at radius 1 is 1.62 bits per heavy atom. The summed E-state index contributed by atoms with van der Waals surface area (Å²) in [5, 5.41) is 3.55. The summed E-state index contributed by atoms with van der Waals surface area (Å²) in [6.07, 6.45) is 2.71. The van der Waals surface area contributed by atoms with Crippen LogP contribution in [-0.4, -0.2) is 35.7 Å². The summed E-state index contributed by atoms with van der Waals surface area (Å²) in [4.78, 5) is 2.46. The molecule has 0 amide bonds. The lowest BCUT2D eigenvalue weighted by Gasteiger charge is -2.19. The zero-order chi connectivity index (χ0) is 9.68. The second-order valence-corrected chi connectivity index (χ2v) is 3.67. The predicted octanol–water partition coefficient (Wildman–Crippen LogP) is -0.191. The van der Waals surface area contributed by atoms with Gasteiger partial charge in [0, 0.05) is 19.1 Å². The molecule has 0 atom stereocenters. The van der Waals surface area contributed by atoms with Crippen molar-refractivity contribution in [3.05, 3.63) is 0 Å². The van der Waals surface area contributed by atoms with E-state index >= 15 is 0 Å². The third-order valence-corrected chi connectivity index (χ3v) is 2.55. The average Bonchev–Trinajstić information content (AvgIpc) is 2.95. The van der Waals surface area contributed by atoms with E-state index in [2.05, 4.69) is 22.6 Å². The molecule has 13 heavy (non-hydrogen) atoms. The highest BCUT2D eigenvalue weighted by atomic mass is 32.1. The number of hydrogen-bond acceptors (Lipinski definition) is 3. The number of rotatable bonds is 5. The molecule has 0 bridgehead atoms. The Hall–Kier alpha value is -0.390. The van der Waals surface area contributed by atoms with Crippen LogP contribution in [0.15, 0.2) is 0 Å². The lowest BCUT2D eigenvalue weighted by Crippen LogP contribution is -2.43. The molecule has 0 aliphatic heterocycles. The standard InChI is InChI=1S/C8H18N4S/c1-2-12(7-3-4-7)6-5-10-8(13)11-9/h7H,2-6,9H2,1H3,(H2,10,11,13). The van der Waals surface area contributed by atoms with Gasteiger partial charge in [0.2, 0.25) is 0 Å². The first-order valence-corrected chi connectivity index (χ1v) is 5.17. The molecule has 1 aliphatic rings. The molecule has 0 spiro atoms. The first kappa shape index (κ1) is 10.7. The minimum Gasteiger partial charge on any atom is -0.360 e. The van der Waals surface area contributed by atoms with Gasteiger partial charge in [-0.05, 0) is 31.6 Å². The number of thiocarbonyl (C=S) groups is 1. The maximum Gasteiger partial charge on any atom is 0.180 e. The van der Waals surface area contributed by atoms with Gasteiger partial charge in [0.15, 0.2) is 5.11 Å². The van der Waals surface area contributed by atoms with Crippen molar-refractivity contribution >= 4 is 17.3 Å². The van der Waals surface area contributed by atoms with E-state index in [-0.39, 0.29) is 0 Å². The van der Waals surface area contributed by atoms with Gasteiger partial charge in [-0.1, -0.05) is 6.92 Å². The Morgan fingerprint density at radius 2 is 2.31 bits per heavy atom. The van der Waals surface area contributed by atoms with Crippen LogP contribution < -0.4 is 16.6 Å². The first-order valence-electron chi connectivity index (χ1n) is 4.76. The Kier molecular flexibility index (Phi) is 4.41. The number of likely N-dealkylation sites (N-methyl/N-ethyl adjacent to an activating group) is 1. The molecule has 0 unspecified atom stereocenters. The lowest BCUT2D eigenvalue weighted by molar-refractivity contribution is 0.282. The van der Waals surface area contributed by atoms with E-state index in [9.17, 15) is 0 Å². The SMILES string of the molecule is CCN(CCNC(=S)NN)C1CC1. The van der Waals surface area contributed by atoms with Crippen LogP contribution in [0.3, 0.4) is 0 Å². The summed E-state index contributed by atoms with van der Waals surface area (Å²) < 4.78 is 0. The summed E-state index contributed by atoms with van der Waals surface area (Å²) in [6.45, 7) is 5.23. The number of nitrogens with zero attached hydrogens (tertiary/aromatic N) is 1. The highest BCUT2D eigenvalue weighted by molar-refractivity contribution is 7.80. The van der Waals surface area contributed by atoms with E-state index in [1.165, 1.54) is 12.8 Å². The van der Waals surface area contributed by atoms with E-state index in [0.29, 0.717) is 5.11 Å². The minimum atomic E-state index is 0.520. The molecule has 1 saturated carbocycles. The molecular formula is C8H18N4S.